The number of aromatic hydroxyl groups is 1. The van der Waals surface area contributed by atoms with Crippen molar-refractivity contribution in [2.24, 2.45) is 5.92 Å². The van der Waals surface area contributed by atoms with E-state index in [9.17, 15) is 5.11 Å². The van der Waals surface area contributed by atoms with E-state index >= 15 is 0 Å². The summed E-state index contributed by atoms with van der Waals surface area (Å²) in [5.74, 6) is 1.25. The zero-order valence-corrected chi connectivity index (χ0v) is 11.9. The van der Waals surface area contributed by atoms with Crippen LogP contribution in [0.3, 0.4) is 0 Å². The molecule has 0 aromatic heterocycles. The maximum absolute atomic E-state index is 9.60. The monoisotopic (exact) mass is 260 g/mol. The molecule has 1 aromatic rings. The molecule has 1 saturated carbocycles. The molecule has 1 saturated heterocycles. The van der Waals surface area contributed by atoms with Crippen LogP contribution in [0, 0.1) is 5.92 Å². The van der Waals surface area contributed by atoms with Crippen molar-refractivity contribution in [3.63, 3.8) is 0 Å². The second-order valence-corrected chi connectivity index (χ2v) is 6.74. The van der Waals surface area contributed by atoms with E-state index in [1.165, 1.54) is 18.4 Å². The van der Waals surface area contributed by atoms with E-state index in [1.54, 1.807) is 6.07 Å². The molecule has 3 nitrogen and oxygen atoms in total. The molecule has 1 aliphatic carbocycles. The number of phenolic OH excluding ortho intramolecular Hbond substituents is 1. The first-order valence-electron chi connectivity index (χ1n) is 7.30. The van der Waals surface area contributed by atoms with Gasteiger partial charge in [0.15, 0.2) is 0 Å². The third-order valence-corrected chi connectivity index (χ3v) is 4.32. The summed E-state index contributed by atoms with van der Waals surface area (Å²) in [5.41, 5.74) is 1.39. The predicted molar refractivity (Wildman–Crippen MR) is 77.1 cm³/mol. The highest BCUT2D eigenvalue weighted by Gasteiger charge is 2.40. The number of hydrogen-bond donors (Lipinski definition) is 2. The van der Waals surface area contributed by atoms with Gasteiger partial charge in [0.2, 0.25) is 0 Å². The summed E-state index contributed by atoms with van der Waals surface area (Å²) < 4.78 is 0. The van der Waals surface area contributed by atoms with Gasteiger partial charge in [0.1, 0.15) is 5.75 Å². The molecule has 0 radical (unpaired) electrons. The first kappa shape index (κ1) is 12.9. The fourth-order valence-corrected chi connectivity index (χ4v) is 3.20. The van der Waals surface area contributed by atoms with Gasteiger partial charge in [-0.05, 0) is 50.3 Å². The molecule has 1 aliphatic heterocycles. The van der Waals surface area contributed by atoms with Crippen LogP contribution >= 0.6 is 0 Å². The molecular weight excluding hydrogens is 236 g/mol. The quantitative estimate of drug-likeness (QED) is 0.875. The Bertz CT molecular complexity index is 454. The molecule has 0 amide bonds. The van der Waals surface area contributed by atoms with Gasteiger partial charge < -0.3 is 10.4 Å². The van der Waals surface area contributed by atoms with E-state index in [4.69, 9.17) is 0 Å². The van der Waals surface area contributed by atoms with Crippen LogP contribution in [0.15, 0.2) is 24.3 Å². The molecule has 19 heavy (non-hydrogen) atoms. The summed E-state index contributed by atoms with van der Waals surface area (Å²) in [5, 5.41) is 13.3. The normalized spacial score (nSPS) is 27.4. The fourth-order valence-electron chi connectivity index (χ4n) is 3.20. The van der Waals surface area contributed by atoms with Gasteiger partial charge in [-0.15, -0.1) is 0 Å². The Hall–Kier alpha value is -1.06. The Morgan fingerprint density at radius 1 is 1.37 bits per heavy atom. The Morgan fingerprint density at radius 2 is 2.16 bits per heavy atom. The van der Waals surface area contributed by atoms with Crippen LogP contribution in [-0.2, 0) is 6.54 Å². The molecule has 2 fully saturated rings. The summed E-state index contributed by atoms with van der Waals surface area (Å²) in [7, 11) is 0. The lowest BCUT2D eigenvalue weighted by molar-refractivity contribution is 0.0759. The third-order valence-electron chi connectivity index (χ3n) is 4.32. The lowest BCUT2D eigenvalue weighted by atomic mass is 9.96. The first-order chi connectivity index (χ1) is 9.03. The van der Waals surface area contributed by atoms with Crippen molar-refractivity contribution >= 4 is 0 Å². The topological polar surface area (TPSA) is 35.5 Å². The Balaban J connectivity index is 1.75. The van der Waals surface area contributed by atoms with E-state index < -0.39 is 0 Å². The Morgan fingerprint density at radius 3 is 2.84 bits per heavy atom. The SMILES string of the molecule is CC1(C)CN(Cc2cccc(O)c2)C(C2CC2)CN1. The van der Waals surface area contributed by atoms with Gasteiger partial charge in [-0.1, -0.05) is 12.1 Å². The molecule has 1 heterocycles. The van der Waals surface area contributed by atoms with Crippen LogP contribution in [-0.4, -0.2) is 34.7 Å². The first-order valence-corrected chi connectivity index (χ1v) is 7.30. The van der Waals surface area contributed by atoms with Crippen molar-refractivity contribution in [1.29, 1.82) is 0 Å². The lowest BCUT2D eigenvalue weighted by Crippen LogP contribution is -2.61. The molecule has 3 rings (SSSR count). The summed E-state index contributed by atoms with van der Waals surface area (Å²) >= 11 is 0. The van der Waals surface area contributed by atoms with E-state index in [-0.39, 0.29) is 5.54 Å². The highest BCUT2D eigenvalue weighted by atomic mass is 16.3. The average Bonchev–Trinajstić information content (AvgIpc) is 3.12. The van der Waals surface area contributed by atoms with Crippen LogP contribution < -0.4 is 5.32 Å². The van der Waals surface area contributed by atoms with Crippen LogP contribution in [0.25, 0.3) is 0 Å². The van der Waals surface area contributed by atoms with E-state index in [0.717, 1.165) is 25.6 Å². The molecule has 0 bridgehead atoms. The summed E-state index contributed by atoms with van der Waals surface area (Å²) in [6.07, 6.45) is 2.76. The van der Waals surface area contributed by atoms with Gasteiger partial charge in [-0.3, -0.25) is 4.90 Å². The number of nitrogens with one attached hydrogen (secondary N) is 1. The zero-order valence-electron chi connectivity index (χ0n) is 11.9. The predicted octanol–water partition coefficient (Wildman–Crippen LogP) is 2.35. The zero-order chi connectivity index (χ0) is 13.5. The van der Waals surface area contributed by atoms with E-state index in [2.05, 4.69) is 30.1 Å². The minimum absolute atomic E-state index is 0.183. The van der Waals surface area contributed by atoms with Crippen LogP contribution in [0.5, 0.6) is 5.75 Å². The highest BCUT2D eigenvalue weighted by Crippen LogP contribution is 2.37. The maximum Gasteiger partial charge on any atom is 0.115 e. The summed E-state index contributed by atoms with van der Waals surface area (Å²) in [6.45, 7) is 7.65. The molecule has 1 aromatic carbocycles. The Kier molecular flexibility index (Phi) is 3.27. The average molecular weight is 260 g/mol. The van der Waals surface area contributed by atoms with Gasteiger partial charge in [0.25, 0.3) is 0 Å². The molecule has 2 N–H and O–H groups in total. The number of rotatable bonds is 3. The minimum atomic E-state index is 0.183. The Labute approximate surface area is 115 Å². The maximum atomic E-state index is 9.60. The molecule has 0 spiro atoms. The van der Waals surface area contributed by atoms with Crippen molar-refractivity contribution in [1.82, 2.24) is 10.2 Å². The van der Waals surface area contributed by atoms with Gasteiger partial charge in [-0.2, -0.15) is 0 Å². The third kappa shape index (κ3) is 3.10. The number of benzene rings is 1. The van der Waals surface area contributed by atoms with E-state index in [1.807, 2.05) is 12.1 Å². The second-order valence-electron chi connectivity index (χ2n) is 6.74. The summed E-state index contributed by atoms with van der Waals surface area (Å²) in [4.78, 5) is 2.60. The molecular formula is C16H24N2O. The minimum Gasteiger partial charge on any atom is -0.508 e. The fraction of sp³-hybridized carbons (Fsp3) is 0.625. The highest BCUT2D eigenvalue weighted by molar-refractivity contribution is 5.27. The van der Waals surface area contributed by atoms with Crippen molar-refractivity contribution in [3.8, 4) is 5.75 Å². The van der Waals surface area contributed by atoms with Crippen LogP contribution in [0.4, 0.5) is 0 Å². The number of nitrogens with zero attached hydrogens (tertiary/aromatic N) is 1. The summed E-state index contributed by atoms with van der Waals surface area (Å²) in [6, 6.07) is 8.33. The van der Waals surface area contributed by atoms with Gasteiger partial charge in [-0.25, -0.2) is 0 Å². The van der Waals surface area contributed by atoms with Gasteiger partial charge >= 0.3 is 0 Å². The number of phenols is 1. The second kappa shape index (κ2) is 4.80. The lowest BCUT2D eigenvalue weighted by Gasteiger charge is -2.45. The van der Waals surface area contributed by atoms with Crippen molar-refractivity contribution in [2.45, 2.75) is 44.8 Å². The van der Waals surface area contributed by atoms with Crippen molar-refractivity contribution in [2.75, 3.05) is 13.1 Å². The van der Waals surface area contributed by atoms with Gasteiger partial charge in [0.05, 0.1) is 0 Å². The van der Waals surface area contributed by atoms with E-state index in [0.29, 0.717) is 11.8 Å². The van der Waals surface area contributed by atoms with Crippen LogP contribution in [0.1, 0.15) is 32.3 Å². The van der Waals surface area contributed by atoms with Crippen molar-refractivity contribution < 1.29 is 5.11 Å². The molecule has 2 aliphatic rings. The molecule has 3 heteroatoms. The molecule has 1 unspecified atom stereocenters. The standard InChI is InChI=1S/C16H24N2O/c1-16(2)11-18(15(9-17-16)13-6-7-13)10-12-4-3-5-14(19)8-12/h3-5,8,13,15,17,19H,6-7,9-11H2,1-2H3. The smallest absolute Gasteiger partial charge is 0.115 e. The number of hydrogen-bond acceptors (Lipinski definition) is 3. The molecule has 1 atom stereocenters. The largest absolute Gasteiger partial charge is 0.508 e. The molecule has 104 valence electrons. The van der Waals surface area contributed by atoms with Gasteiger partial charge in [0, 0.05) is 31.2 Å². The van der Waals surface area contributed by atoms with Crippen molar-refractivity contribution in [3.05, 3.63) is 29.8 Å². The number of piperazine rings is 1. The van der Waals surface area contributed by atoms with Crippen LogP contribution in [0.2, 0.25) is 0 Å².